The molecule has 1 saturated heterocycles. The molecule has 3 rings (SSSR count). The highest BCUT2D eigenvalue weighted by Gasteiger charge is 2.51. The number of alkyl carbamates (subject to hydrolysis) is 1. The van der Waals surface area contributed by atoms with Gasteiger partial charge in [-0.25, -0.2) is 9.18 Å². The van der Waals surface area contributed by atoms with E-state index >= 15 is 0 Å². The second-order valence-electron chi connectivity index (χ2n) is 8.01. The molecule has 1 aromatic rings. The molecule has 8 heteroatoms. The van der Waals surface area contributed by atoms with E-state index in [1.807, 2.05) is 6.92 Å². The van der Waals surface area contributed by atoms with Gasteiger partial charge in [0.05, 0.1) is 23.5 Å². The summed E-state index contributed by atoms with van der Waals surface area (Å²) in [6.45, 7) is 8.25. The minimum absolute atomic E-state index is 0.252. The molecule has 1 fully saturated rings. The van der Waals surface area contributed by atoms with E-state index in [9.17, 15) is 9.18 Å². The Labute approximate surface area is 156 Å². The fraction of sp³-hybridized carbons (Fsp3) is 0.556. The van der Waals surface area contributed by atoms with Crippen LogP contribution < -0.4 is 11.1 Å². The number of rotatable bonds is 1. The number of nitrogens with zero attached hydrogens (tertiary/aromatic N) is 1. The minimum Gasteiger partial charge on any atom is -0.444 e. The average molecular weight is 381 g/mol. The first-order valence-corrected chi connectivity index (χ1v) is 9.24. The molecule has 0 radical (unpaired) electrons. The predicted molar refractivity (Wildman–Crippen MR) is 101 cm³/mol. The highest BCUT2D eigenvalue weighted by molar-refractivity contribution is 8.15. The van der Waals surface area contributed by atoms with Crippen molar-refractivity contribution in [3.05, 3.63) is 29.6 Å². The fourth-order valence-corrected chi connectivity index (χ4v) is 4.63. The first-order valence-electron chi connectivity index (χ1n) is 8.43. The van der Waals surface area contributed by atoms with Crippen LogP contribution in [0.3, 0.4) is 0 Å². The van der Waals surface area contributed by atoms with Crippen molar-refractivity contribution in [3.8, 4) is 0 Å². The van der Waals surface area contributed by atoms with Crippen LogP contribution in [0.15, 0.2) is 23.2 Å². The first-order chi connectivity index (χ1) is 12.0. The van der Waals surface area contributed by atoms with Gasteiger partial charge in [-0.15, -0.1) is 0 Å². The number of amidine groups is 1. The maximum atomic E-state index is 14.5. The summed E-state index contributed by atoms with van der Waals surface area (Å²) in [4.78, 5) is 16.8. The van der Waals surface area contributed by atoms with E-state index in [1.165, 1.54) is 23.9 Å². The van der Waals surface area contributed by atoms with Crippen LogP contribution in [-0.4, -0.2) is 34.8 Å². The van der Waals surface area contributed by atoms with Crippen molar-refractivity contribution >= 4 is 28.7 Å². The summed E-state index contributed by atoms with van der Waals surface area (Å²) < 4.78 is 25.0. The zero-order chi connectivity index (χ0) is 19.2. The number of aliphatic imine (C=N–C) groups is 1. The standard InChI is InChI=1S/C18H24FN3O3S/c1-16(2,3)25-15(23)21-14-22-17(4,8-18(26-14)9-24-10-18)12-7-11(20)5-6-13(12)19/h5-7H,8-10,20H2,1-4H3,(H,21,22,23). The molecule has 0 aromatic heterocycles. The lowest BCUT2D eigenvalue weighted by atomic mass is 9.81. The van der Waals surface area contributed by atoms with Crippen LogP contribution in [0.4, 0.5) is 14.9 Å². The van der Waals surface area contributed by atoms with Crippen LogP contribution in [-0.2, 0) is 15.0 Å². The molecule has 0 aliphatic carbocycles. The van der Waals surface area contributed by atoms with Gasteiger partial charge in [0.25, 0.3) is 0 Å². The molecule has 1 aromatic carbocycles. The Balaban J connectivity index is 1.93. The molecule has 1 spiro atoms. The topological polar surface area (TPSA) is 85.9 Å². The summed E-state index contributed by atoms with van der Waals surface area (Å²) in [7, 11) is 0. The lowest BCUT2D eigenvalue weighted by Gasteiger charge is -2.48. The number of nitrogens with two attached hydrogens (primary N) is 1. The summed E-state index contributed by atoms with van der Waals surface area (Å²) in [6.07, 6.45) is 0.00121. The minimum atomic E-state index is -0.862. The number of nitrogen functional groups attached to an aromatic ring is 1. The Morgan fingerprint density at radius 2 is 2.12 bits per heavy atom. The third-order valence-electron chi connectivity index (χ3n) is 4.24. The Morgan fingerprint density at radius 1 is 1.42 bits per heavy atom. The zero-order valence-electron chi connectivity index (χ0n) is 15.4. The van der Waals surface area contributed by atoms with Gasteiger partial charge in [0.2, 0.25) is 0 Å². The fourth-order valence-electron chi connectivity index (χ4n) is 3.20. The number of thioether (sulfide) groups is 1. The van der Waals surface area contributed by atoms with E-state index in [4.69, 9.17) is 15.2 Å². The van der Waals surface area contributed by atoms with E-state index in [2.05, 4.69) is 10.3 Å². The molecule has 2 heterocycles. The van der Waals surface area contributed by atoms with Crippen LogP contribution >= 0.6 is 11.8 Å². The van der Waals surface area contributed by atoms with Crippen molar-refractivity contribution in [3.63, 3.8) is 0 Å². The van der Waals surface area contributed by atoms with Crippen LogP contribution in [0.5, 0.6) is 0 Å². The molecule has 2 aliphatic heterocycles. The summed E-state index contributed by atoms with van der Waals surface area (Å²) >= 11 is 1.44. The monoisotopic (exact) mass is 381 g/mol. The zero-order valence-corrected chi connectivity index (χ0v) is 16.2. The largest absolute Gasteiger partial charge is 0.444 e. The van der Waals surface area contributed by atoms with Gasteiger partial charge < -0.3 is 15.2 Å². The van der Waals surface area contributed by atoms with E-state index in [-0.39, 0.29) is 10.6 Å². The van der Waals surface area contributed by atoms with Crippen molar-refractivity contribution in [2.45, 2.75) is 50.0 Å². The Kier molecular flexibility index (Phi) is 4.69. The molecule has 6 nitrogen and oxygen atoms in total. The molecule has 1 atom stereocenters. The van der Waals surface area contributed by atoms with E-state index in [0.717, 1.165) is 0 Å². The first kappa shape index (κ1) is 19.0. The second-order valence-corrected chi connectivity index (χ2v) is 9.47. The van der Waals surface area contributed by atoms with Crippen LogP contribution in [0.2, 0.25) is 0 Å². The Bertz CT molecular complexity index is 759. The molecule has 3 N–H and O–H groups in total. The molecule has 142 valence electrons. The van der Waals surface area contributed by atoms with E-state index in [1.54, 1.807) is 26.8 Å². The summed E-state index contributed by atoms with van der Waals surface area (Å²) in [6, 6.07) is 4.47. The summed E-state index contributed by atoms with van der Waals surface area (Å²) in [5.74, 6) is -0.371. The SMILES string of the molecule is CC(C)(C)OC(=O)NC1=NC(C)(c2cc(N)ccc2F)CC2(COC2)S1. The van der Waals surface area contributed by atoms with Crippen molar-refractivity contribution in [2.75, 3.05) is 18.9 Å². The van der Waals surface area contributed by atoms with Gasteiger partial charge in [0.15, 0.2) is 5.17 Å². The maximum absolute atomic E-state index is 14.5. The van der Waals surface area contributed by atoms with Gasteiger partial charge in [-0.3, -0.25) is 10.3 Å². The summed E-state index contributed by atoms with van der Waals surface area (Å²) in [5, 5.41) is 3.10. The van der Waals surface area contributed by atoms with Gasteiger partial charge in [-0.2, -0.15) is 0 Å². The Hall–Kier alpha value is -1.80. The quantitative estimate of drug-likeness (QED) is 0.728. The molecule has 26 heavy (non-hydrogen) atoms. The van der Waals surface area contributed by atoms with Crippen molar-refractivity contribution in [1.82, 2.24) is 5.32 Å². The van der Waals surface area contributed by atoms with Gasteiger partial charge in [-0.1, -0.05) is 11.8 Å². The molecule has 2 aliphatic rings. The third-order valence-corrected chi connectivity index (χ3v) is 5.44. The number of anilines is 1. The number of ether oxygens (including phenoxy) is 2. The number of hydrogen-bond acceptors (Lipinski definition) is 6. The predicted octanol–water partition coefficient (Wildman–Crippen LogP) is 3.41. The third kappa shape index (κ3) is 3.96. The average Bonchev–Trinajstić information content (AvgIpc) is 2.45. The van der Waals surface area contributed by atoms with Crippen LogP contribution in [0, 0.1) is 5.82 Å². The van der Waals surface area contributed by atoms with Crippen LogP contribution in [0.1, 0.15) is 39.7 Å². The number of hydrogen-bond donors (Lipinski definition) is 2. The van der Waals surface area contributed by atoms with Gasteiger partial charge in [0.1, 0.15) is 11.4 Å². The molecular weight excluding hydrogens is 357 g/mol. The molecule has 0 saturated carbocycles. The summed E-state index contributed by atoms with van der Waals surface area (Å²) in [5.41, 5.74) is 5.25. The number of nitrogens with one attached hydrogen (secondary N) is 1. The lowest BCUT2D eigenvalue weighted by Crippen LogP contribution is -2.55. The maximum Gasteiger partial charge on any atom is 0.413 e. The van der Waals surface area contributed by atoms with Crippen molar-refractivity contribution < 1.29 is 18.7 Å². The smallest absolute Gasteiger partial charge is 0.413 e. The van der Waals surface area contributed by atoms with Crippen molar-refractivity contribution in [1.29, 1.82) is 0 Å². The van der Waals surface area contributed by atoms with E-state index in [0.29, 0.717) is 36.1 Å². The highest BCUT2D eigenvalue weighted by atomic mass is 32.2. The molecular formula is C18H24FN3O3S. The molecule has 1 unspecified atom stereocenters. The van der Waals surface area contributed by atoms with Crippen molar-refractivity contribution in [2.24, 2.45) is 4.99 Å². The van der Waals surface area contributed by atoms with Gasteiger partial charge in [-0.05, 0) is 52.3 Å². The number of halogens is 1. The van der Waals surface area contributed by atoms with E-state index < -0.39 is 17.2 Å². The van der Waals surface area contributed by atoms with Crippen LogP contribution in [0.25, 0.3) is 0 Å². The molecule has 1 amide bonds. The normalized spacial score (nSPS) is 24.6. The van der Waals surface area contributed by atoms with Gasteiger partial charge >= 0.3 is 6.09 Å². The number of carbonyl (C=O) groups excluding carboxylic acids is 1. The second kappa shape index (κ2) is 6.42. The highest BCUT2D eigenvalue weighted by Crippen LogP contribution is 2.49. The van der Waals surface area contributed by atoms with Gasteiger partial charge in [0, 0.05) is 11.3 Å². The lowest BCUT2D eigenvalue weighted by molar-refractivity contribution is -0.0212. The number of carbonyl (C=O) groups is 1. The Morgan fingerprint density at radius 3 is 2.69 bits per heavy atom. The molecule has 0 bridgehead atoms. The number of amides is 1. The number of benzene rings is 1.